The highest BCUT2D eigenvalue weighted by Gasteiger charge is 2.32. The summed E-state index contributed by atoms with van der Waals surface area (Å²) in [5.41, 5.74) is 0. The fourth-order valence-corrected chi connectivity index (χ4v) is 3.35. The summed E-state index contributed by atoms with van der Waals surface area (Å²) in [5, 5.41) is 3.33. The molecule has 1 aliphatic carbocycles. The molecule has 1 heterocycles. The van der Waals surface area contributed by atoms with Crippen LogP contribution in [0.3, 0.4) is 0 Å². The summed E-state index contributed by atoms with van der Waals surface area (Å²) in [5.74, 6) is 1.90. The zero-order chi connectivity index (χ0) is 12.3. The molecule has 2 rings (SSSR count). The lowest BCUT2D eigenvalue weighted by Gasteiger charge is -2.32. The van der Waals surface area contributed by atoms with E-state index in [-0.39, 0.29) is 0 Å². The first-order valence-electron chi connectivity index (χ1n) is 7.23. The van der Waals surface area contributed by atoms with Gasteiger partial charge in [0.2, 0.25) is 5.91 Å². The predicted molar refractivity (Wildman–Crippen MR) is 69.5 cm³/mol. The molecular formula is C14H26N2O. The van der Waals surface area contributed by atoms with Gasteiger partial charge < -0.3 is 4.90 Å². The van der Waals surface area contributed by atoms with Crippen molar-refractivity contribution in [2.75, 3.05) is 13.1 Å². The molecule has 0 spiro atoms. The fourth-order valence-electron chi connectivity index (χ4n) is 3.35. The van der Waals surface area contributed by atoms with E-state index in [1.54, 1.807) is 0 Å². The molecule has 1 saturated heterocycles. The van der Waals surface area contributed by atoms with Crippen molar-refractivity contribution in [2.24, 2.45) is 11.8 Å². The standard InChI is InChI=1S/C14H26N2O/c1-3-5-13-15-9-14(17)16(13)10-12-7-4-6-11(2)8-12/h11-13,15H,3-10H2,1-2H3. The lowest BCUT2D eigenvalue weighted by atomic mass is 9.82. The molecule has 3 heteroatoms. The third kappa shape index (κ3) is 3.21. The van der Waals surface area contributed by atoms with Gasteiger partial charge in [-0.25, -0.2) is 0 Å². The molecule has 0 aromatic rings. The van der Waals surface area contributed by atoms with Crippen molar-refractivity contribution in [3.8, 4) is 0 Å². The maximum Gasteiger partial charge on any atom is 0.237 e. The number of carbonyl (C=O) groups excluding carboxylic acids is 1. The summed E-state index contributed by atoms with van der Waals surface area (Å²) in [7, 11) is 0. The lowest BCUT2D eigenvalue weighted by molar-refractivity contribution is -0.128. The van der Waals surface area contributed by atoms with E-state index in [1.807, 2.05) is 0 Å². The minimum absolute atomic E-state index is 0.307. The van der Waals surface area contributed by atoms with Crippen LogP contribution in [0.5, 0.6) is 0 Å². The Morgan fingerprint density at radius 3 is 2.94 bits per heavy atom. The van der Waals surface area contributed by atoms with Gasteiger partial charge in [-0.3, -0.25) is 10.1 Å². The van der Waals surface area contributed by atoms with Gasteiger partial charge in [-0.05, 0) is 31.1 Å². The van der Waals surface area contributed by atoms with Crippen LogP contribution in [0, 0.1) is 11.8 Å². The van der Waals surface area contributed by atoms with Crippen molar-refractivity contribution in [1.82, 2.24) is 10.2 Å². The first kappa shape index (κ1) is 12.9. The SMILES string of the molecule is CCCC1NCC(=O)N1CC1CCCC(C)C1. The van der Waals surface area contributed by atoms with Crippen LogP contribution in [0.15, 0.2) is 0 Å². The van der Waals surface area contributed by atoms with E-state index in [1.165, 1.54) is 25.7 Å². The zero-order valence-corrected chi connectivity index (χ0v) is 11.2. The van der Waals surface area contributed by atoms with E-state index in [0.29, 0.717) is 18.6 Å². The number of amides is 1. The second-order valence-electron chi connectivity index (χ2n) is 5.87. The molecule has 0 aromatic heterocycles. The number of hydrogen-bond donors (Lipinski definition) is 1. The number of rotatable bonds is 4. The topological polar surface area (TPSA) is 32.3 Å². The van der Waals surface area contributed by atoms with Gasteiger partial charge in [-0.2, -0.15) is 0 Å². The Balaban J connectivity index is 1.89. The molecule has 3 nitrogen and oxygen atoms in total. The van der Waals surface area contributed by atoms with Crippen LogP contribution in [-0.4, -0.2) is 30.1 Å². The molecule has 1 aliphatic heterocycles. The molecular weight excluding hydrogens is 212 g/mol. The summed E-state index contributed by atoms with van der Waals surface area (Å²) in [6.07, 6.45) is 7.89. The molecule has 98 valence electrons. The van der Waals surface area contributed by atoms with Crippen LogP contribution in [0.1, 0.15) is 52.4 Å². The molecule has 0 aromatic carbocycles. The maximum absolute atomic E-state index is 11.9. The van der Waals surface area contributed by atoms with Gasteiger partial charge in [0.05, 0.1) is 12.7 Å². The predicted octanol–water partition coefficient (Wildman–Crippen LogP) is 2.37. The van der Waals surface area contributed by atoms with Crippen LogP contribution < -0.4 is 5.32 Å². The summed E-state index contributed by atoms with van der Waals surface area (Å²) >= 11 is 0. The van der Waals surface area contributed by atoms with Crippen LogP contribution in [0.4, 0.5) is 0 Å². The average molecular weight is 238 g/mol. The summed E-state index contributed by atoms with van der Waals surface area (Å²) in [6, 6.07) is 0. The van der Waals surface area contributed by atoms with E-state index < -0.39 is 0 Å². The van der Waals surface area contributed by atoms with Crippen molar-refractivity contribution in [3.63, 3.8) is 0 Å². The molecule has 0 bridgehead atoms. The van der Waals surface area contributed by atoms with Gasteiger partial charge in [0.15, 0.2) is 0 Å². The van der Waals surface area contributed by atoms with Gasteiger partial charge >= 0.3 is 0 Å². The van der Waals surface area contributed by atoms with Crippen LogP contribution in [0.2, 0.25) is 0 Å². The fraction of sp³-hybridized carbons (Fsp3) is 0.929. The van der Waals surface area contributed by atoms with Crippen molar-refractivity contribution in [1.29, 1.82) is 0 Å². The van der Waals surface area contributed by atoms with E-state index >= 15 is 0 Å². The zero-order valence-electron chi connectivity index (χ0n) is 11.2. The van der Waals surface area contributed by atoms with Crippen molar-refractivity contribution < 1.29 is 4.79 Å². The third-order valence-electron chi connectivity index (χ3n) is 4.25. The monoisotopic (exact) mass is 238 g/mol. The largest absolute Gasteiger partial charge is 0.326 e. The third-order valence-corrected chi connectivity index (χ3v) is 4.25. The normalized spacial score (nSPS) is 34.4. The highest BCUT2D eigenvalue weighted by atomic mass is 16.2. The first-order valence-corrected chi connectivity index (χ1v) is 7.23. The lowest BCUT2D eigenvalue weighted by Crippen LogP contribution is -2.41. The molecule has 0 radical (unpaired) electrons. The van der Waals surface area contributed by atoms with Gasteiger partial charge in [0, 0.05) is 6.54 Å². The second-order valence-corrected chi connectivity index (χ2v) is 5.87. The Morgan fingerprint density at radius 2 is 2.24 bits per heavy atom. The minimum Gasteiger partial charge on any atom is -0.326 e. The Bertz CT molecular complexity index is 267. The number of nitrogens with zero attached hydrogens (tertiary/aromatic N) is 1. The summed E-state index contributed by atoms with van der Waals surface area (Å²) < 4.78 is 0. The maximum atomic E-state index is 11.9. The van der Waals surface area contributed by atoms with Crippen molar-refractivity contribution >= 4 is 5.91 Å². The van der Waals surface area contributed by atoms with Gasteiger partial charge in [0.1, 0.15) is 0 Å². The molecule has 17 heavy (non-hydrogen) atoms. The first-order chi connectivity index (χ1) is 8.20. The average Bonchev–Trinajstić information content (AvgIpc) is 2.62. The summed E-state index contributed by atoms with van der Waals surface area (Å²) in [4.78, 5) is 14.0. The summed E-state index contributed by atoms with van der Waals surface area (Å²) in [6.45, 7) is 6.07. The second kappa shape index (κ2) is 5.85. The van der Waals surface area contributed by atoms with E-state index in [4.69, 9.17) is 0 Å². The Morgan fingerprint density at radius 1 is 1.41 bits per heavy atom. The molecule has 1 N–H and O–H groups in total. The Hall–Kier alpha value is -0.570. The van der Waals surface area contributed by atoms with Crippen LogP contribution >= 0.6 is 0 Å². The van der Waals surface area contributed by atoms with Crippen LogP contribution in [-0.2, 0) is 4.79 Å². The van der Waals surface area contributed by atoms with Gasteiger partial charge in [0.25, 0.3) is 0 Å². The van der Waals surface area contributed by atoms with E-state index in [0.717, 1.165) is 31.2 Å². The number of carbonyl (C=O) groups is 1. The van der Waals surface area contributed by atoms with Gasteiger partial charge in [-0.1, -0.05) is 33.1 Å². The molecule has 2 aliphatic rings. The number of hydrogen-bond acceptors (Lipinski definition) is 2. The molecule has 2 fully saturated rings. The van der Waals surface area contributed by atoms with Crippen molar-refractivity contribution in [3.05, 3.63) is 0 Å². The number of nitrogens with one attached hydrogen (secondary N) is 1. The smallest absolute Gasteiger partial charge is 0.237 e. The molecule has 3 atom stereocenters. The van der Waals surface area contributed by atoms with E-state index in [2.05, 4.69) is 24.1 Å². The van der Waals surface area contributed by atoms with Crippen molar-refractivity contribution in [2.45, 2.75) is 58.5 Å². The Kier molecular flexibility index (Phi) is 4.43. The van der Waals surface area contributed by atoms with E-state index in [9.17, 15) is 4.79 Å². The van der Waals surface area contributed by atoms with Gasteiger partial charge in [-0.15, -0.1) is 0 Å². The van der Waals surface area contributed by atoms with Crippen LogP contribution in [0.25, 0.3) is 0 Å². The molecule has 1 amide bonds. The molecule has 3 unspecified atom stereocenters. The highest BCUT2D eigenvalue weighted by Crippen LogP contribution is 2.30. The minimum atomic E-state index is 0.307. The highest BCUT2D eigenvalue weighted by molar-refractivity contribution is 5.80. The Labute approximate surface area is 105 Å². The molecule has 1 saturated carbocycles. The quantitative estimate of drug-likeness (QED) is 0.815.